The second-order valence-electron chi connectivity index (χ2n) is 10.6. The van der Waals surface area contributed by atoms with Gasteiger partial charge in [-0.2, -0.15) is 0 Å². The third-order valence-electron chi connectivity index (χ3n) is 7.63. The predicted octanol–water partition coefficient (Wildman–Crippen LogP) is 6.30. The van der Waals surface area contributed by atoms with Crippen molar-refractivity contribution in [2.24, 2.45) is 17.8 Å². The molecule has 0 bridgehead atoms. The Morgan fingerprint density at radius 2 is 1.65 bits per heavy atom. The highest BCUT2D eigenvalue weighted by molar-refractivity contribution is 6.12. The van der Waals surface area contributed by atoms with Gasteiger partial charge in [-0.05, 0) is 94.0 Å². The van der Waals surface area contributed by atoms with Crippen molar-refractivity contribution in [3.63, 3.8) is 0 Å². The van der Waals surface area contributed by atoms with E-state index in [1.165, 1.54) is 6.07 Å². The number of aromatic carboxylic acids is 1. The van der Waals surface area contributed by atoms with E-state index in [0.717, 1.165) is 54.9 Å². The van der Waals surface area contributed by atoms with Crippen molar-refractivity contribution in [1.29, 1.82) is 0 Å². The van der Waals surface area contributed by atoms with E-state index in [-0.39, 0.29) is 23.4 Å². The molecule has 1 unspecified atom stereocenters. The van der Waals surface area contributed by atoms with Gasteiger partial charge in [0.05, 0.1) is 17.4 Å². The van der Waals surface area contributed by atoms with E-state index in [4.69, 9.17) is 4.42 Å². The Labute approximate surface area is 199 Å². The maximum Gasteiger partial charge on any atom is 0.337 e. The first-order valence-corrected chi connectivity index (χ1v) is 12.5. The van der Waals surface area contributed by atoms with Gasteiger partial charge in [0, 0.05) is 22.7 Å². The Kier molecular flexibility index (Phi) is 5.88. The van der Waals surface area contributed by atoms with Crippen molar-refractivity contribution >= 4 is 39.5 Å². The largest absolute Gasteiger partial charge is 0.478 e. The molecule has 5 rings (SSSR count). The van der Waals surface area contributed by atoms with Crippen molar-refractivity contribution < 1.29 is 24.2 Å². The molecule has 1 amide bonds. The first-order chi connectivity index (χ1) is 16.2. The summed E-state index contributed by atoms with van der Waals surface area (Å²) in [6, 6.07) is 8.80. The van der Waals surface area contributed by atoms with E-state index >= 15 is 0 Å². The predicted molar refractivity (Wildman–Crippen MR) is 132 cm³/mol. The van der Waals surface area contributed by atoms with Crippen molar-refractivity contribution in [2.75, 3.05) is 4.90 Å². The lowest BCUT2D eigenvalue weighted by Gasteiger charge is -2.34. The molecule has 1 aromatic heterocycles. The van der Waals surface area contributed by atoms with Crippen LogP contribution in [0, 0.1) is 17.8 Å². The number of carbonyl (C=O) groups excluding carboxylic acids is 1. The number of amides is 1. The number of rotatable bonds is 6. The molecule has 0 aliphatic heterocycles. The molecule has 2 N–H and O–H groups in total. The summed E-state index contributed by atoms with van der Waals surface area (Å²) in [7, 11) is 0. The summed E-state index contributed by atoms with van der Waals surface area (Å²) in [4.78, 5) is 27.6. The fourth-order valence-corrected chi connectivity index (χ4v) is 5.42. The Morgan fingerprint density at radius 1 is 0.971 bits per heavy atom. The lowest BCUT2D eigenvalue weighted by molar-refractivity contribution is -0.123. The number of hydrogen-bond acceptors (Lipinski definition) is 4. The standard InChI is InChI=1S/C28H33NO5/c1-15(2)29(27(31)18-6-4-16(3)5-7-18)23-13-21-20-12-19(26(30)17-8-9-17)10-11-24(20)34-25(21)14-22(23)28(32)33/h10-18,26,30H,4-9H2,1-3H3,(H,32,33)/t16-,18-,26?. The van der Waals surface area contributed by atoms with Gasteiger partial charge in [-0.15, -0.1) is 0 Å². The molecule has 2 aliphatic carbocycles. The summed E-state index contributed by atoms with van der Waals surface area (Å²) < 4.78 is 5.99. The molecule has 3 aromatic rings. The van der Waals surface area contributed by atoms with Crippen LogP contribution in [0.3, 0.4) is 0 Å². The second kappa shape index (κ2) is 8.73. The Hall–Kier alpha value is -2.86. The lowest BCUT2D eigenvalue weighted by Crippen LogP contribution is -2.42. The average molecular weight is 464 g/mol. The first kappa shape index (κ1) is 22.9. The topological polar surface area (TPSA) is 91.0 Å². The van der Waals surface area contributed by atoms with Crippen LogP contribution in [0.25, 0.3) is 21.9 Å². The van der Waals surface area contributed by atoms with Gasteiger partial charge >= 0.3 is 5.97 Å². The van der Waals surface area contributed by atoms with E-state index in [2.05, 4.69) is 6.92 Å². The fraction of sp³-hybridized carbons (Fsp3) is 0.500. The molecule has 2 fully saturated rings. The number of nitrogens with zero attached hydrogens (tertiary/aromatic N) is 1. The molecule has 6 nitrogen and oxygen atoms in total. The number of carboxylic acid groups (broad SMARTS) is 1. The van der Waals surface area contributed by atoms with Crippen LogP contribution in [0.4, 0.5) is 5.69 Å². The average Bonchev–Trinajstić information content (AvgIpc) is 3.59. The summed E-state index contributed by atoms with van der Waals surface area (Å²) in [6.45, 7) is 6.07. The molecule has 2 saturated carbocycles. The molecular weight excluding hydrogens is 430 g/mol. The van der Waals surface area contributed by atoms with Gasteiger partial charge in [-0.3, -0.25) is 4.79 Å². The van der Waals surface area contributed by atoms with Gasteiger partial charge in [-0.1, -0.05) is 13.0 Å². The molecule has 1 heterocycles. The summed E-state index contributed by atoms with van der Waals surface area (Å²) in [5.74, 6) is -0.242. The fourth-order valence-electron chi connectivity index (χ4n) is 5.42. The normalized spacial score (nSPS) is 21.8. The molecule has 34 heavy (non-hydrogen) atoms. The number of anilines is 1. The Morgan fingerprint density at radius 3 is 2.26 bits per heavy atom. The van der Waals surface area contributed by atoms with Crippen LogP contribution in [-0.2, 0) is 4.79 Å². The maximum absolute atomic E-state index is 13.7. The maximum atomic E-state index is 13.7. The van der Waals surface area contributed by atoms with Gasteiger partial charge in [0.1, 0.15) is 11.2 Å². The quantitative estimate of drug-likeness (QED) is 0.448. The smallest absolute Gasteiger partial charge is 0.337 e. The number of furan rings is 1. The third kappa shape index (κ3) is 4.09. The third-order valence-corrected chi connectivity index (χ3v) is 7.63. The van der Waals surface area contributed by atoms with Crippen LogP contribution in [0.1, 0.15) is 81.3 Å². The molecule has 6 heteroatoms. The van der Waals surface area contributed by atoms with Crippen LogP contribution in [0.2, 0.25) is 0 Å². The van der Waals surface area contributed by atoms with Crippen molar-refractivity contribution in [3.05, 3.63) is 41.5 Å². The first-order valence-electron chi connectivity index (χ1n) is 12.5. The van der Waals surface area contributed by atoms with Crippen LogP contribution < -0.4 is 4.90 Å². The number of carboxylic acids is 1. The number of aliphatic hydroxyl groups is 1. The van der Waals surface area contributed by atoms with Gasteiger partial charge < -0.3 is 19.5 Å². The number of carbonyl (C=O) groups is 2. The molecule has 0 radical (unpaired) electrons. The van der Waals surface area contributed by atoms with Crippen LogP contribution in [-0.4, -0.2) is 28.1 Å². The van der Waals surface area contributed by atoms with Crippen LogP contribution in [0.5, 0.6) is 0 Å². The number of hydrogen-bond donors (Lipinski definition) is 2. The molecule has 2 aliphatic rings. The number of fused-ring (bicyclic) bond motifs is 3. The Bertz CT molecular complexity index is 1250. The molecule has 0 saturated heterocycles. The van der Waals surface area contributed by atoms with Gasteiger partial charge in [0.15, 0.2) is 0 Å². The number of benzene rings is 2. The van der Waals surface area contributed by atoms with Crippen LogP contribution in [0.15, 0.2) is 34.7 Å². The van der Waals surface area contributed by atoms with Gasteiger partial charge in [-0.25, -0.2) is 4.79 Å². The lowest BCUT2D eigenvalue weighted by atomic mass is 9.82. The van der Waals surface area contributed by atoms with Gasteiger partial charge in [0.25, 0.3) is 0 Å². The molecule has 2 aromatic carbocycles. The van der Waals surface area contributed by atoms with E-state index in [1.54, 1.807) is 11.0 Å². The highest BCUT2D eigenvalue weighted by Crippen LogP contribution is 2.43. The zero-order valence-electron chi connectivity index (χ0n) is 20.1. The minimum atomic E-state index is -1.09. The summed E-state index contributed by atoms with van der Waals surface area (Å²) in [5.41, 5.74) is 2.43. The molecule has 1 atom stereocenters. The molecular formula is C28H33NO5. The minimum absolute atomic E-state index is 0.00129. The van der Waals surface area contributed by atoms with Crippen molar-refractivity contribution in [1.82, 2.24) is 0 Å². The summed E-state index contributed by atoms with van der Waals surface area (Å²) >= 11 is 0. The highest BCUT2D eigenvalue weighted by Gasteiger charge is 2.33. The summed E-state index contributed by atoms with van der Waals surface area (Å²) in [6.07, 6.45) is 5.27. The monoisotopic (exact) mass is 463 g/mol. The van der Waals surface area contributed by atoms with Gasteiger partial charge in [0.2, 0.25) is 5.91 Å². The highest BCUT2D eigenvalue weighted by atomic mass is 16.4. The number of aliphatic hydroxyl groups excluding tert-OH is 1. The zero-order chi connectivity index (χ0) is 24.1. The van der Waals surface area contributed by atoms with Crippen molar-refractivity contribution in [3.8, 4) is 0 Å². The summed E-state index contributed by atoms with van der Waals surface area (Å²) in [5, 5.41) is 22.3. The second-order valence-corrected chi connectivity index (χ2v) is 10.6. The van der Waals surface area contributed by atoms with Crippen LogP contribution >= 0.6 is 0 Å². The Balaban J connectivity index is 1.63. The van der Waals surface area contributed by atoms with E-state index in [9.17, 15) is 19.8 Å². The molecule has 180 valence electrons. The van der Waals surface area contributed by atoms with E-state index < -0.39 is 12.1 Å². The molecule has 0 spiro atoms. The minimum Gasteiger partial charge on any atom is -0.478 e. The SMILES string of the molecule is CC(C)N(c1cc2c(cc1C(=O)O)oc1ccc(C(O)C3CC3)cc12)C(=O)[C@H]1CC[C@H](C)CC1. The van der Waals surface area contributed by atoms with E-state index in [1.807, 2.05) is 32.0 Å². The van der Waals surface area contributed by atoms with E-state index in [0.29, 0.717) is 28.7 Å². The zero-order valence-corrected chi connectivity index (χ0v) is 20.1. The van der Waals surface area contributed by atoms with Crippen molar-refractivity contribution in [2.45, 2.75) is 71.4 Å².